The Hall–Kier alpha value is -4.22. The molecule has 4 aromatic carbocycles. The summed E-state index contributed by atoms with van der Waals surface area (Å²) in [6.45, 7) is 0. The number of ketones is 2. The van der Waals surface area contributed by atoms with Crippen molar-refractivity contribution in [1.82, 2.24) is 0 Å². The van der Waals surface area contributed by atoms with E-state index in [1.807, 2.05) is 66.5 Å². The second-order valence-electron chi connectivity index (χ2n) is 8.06. The predicted molar refractivity (Wildman–Crippen MR) is 137 cm³/mol. The third-order valence-electron chi connectivity index (χ3n) is 5.75. The zero-order chi connectivity index (χ0) is 24.9. The Balaban J connectivity index is 1.56. The fourth-order valence-corrected chi connectivity index (χ4v) is 3.92. The van der Waals surface area contributed by atoms with Crippen LogP contribution in [0.2, 0.25) is 5.02 Å². The number of carboxylic acid groups (broad SMARTS) is 1. The Morgan fingerprint density at radius 1 is 0.743 bits per heavy atom. The number of benzene rings is 4. The summed E-state index contributed by atoms with van der Waals surface area (Å²) in [5.41, 5.74) is 3.12. The van der Waals surface area contributed by atoms with Crippen molar-refractivity contribution in [2.24, 2.45) is 0 Å². The molecule has 5 nitrogen and oxygen atoms in total. The number of carboxylic acids is 1. The van der Waals surface area contributed by atoms with E-state index in [-0.39, 0.29) is 34.7 Å². The summed E-state index contributed by atoms with van der Waals surface area (Å²) in [6.07, 6.45) is 0.0804. The standard InChI is InChI=1S/C29H22ClNO4/c1-31(24-14-10-22(30)11-15-24)23-12-7-20(8-13-23)28(33)21-9-16-25(26(18-21)29(34)35)27(32)17-19-5-3-2-4-6-19/h2-16,18H,17H2,1H3,(H,34,35). The molecule has 6 heteroatoms. The maximum Gasteiger partial charge on any atom is 0.336 e. The van der Waals surface area contributed by atoms with Gasteiger partial charge in [-0.3, -0.25) is 9.59 Å². The molecule has 1 N–H and O–H groups in total. The van der Waals surface area contributed by atoms with Crippen LogP contribution in [-0.2, 0) is 6.42 Å². The van der Waals surface area contributed by atoms with Crippen LogP contribution in [0.15, 0.2) is 97.1 Å². The van der Waals surface area contributed by atoms with Crippen molar-refractivity contribution in [3.8, 4) is 0 Å². The number of aromatic carboxylic acids is 1. The molecule has 4 rings (SSSR count). The predicted octanol–water partition coefficient (Wildman–Crippen LogP) is 6.46. The molecule has 0 aliphatic rings. The number of anilines is 2. The Morgan fingerprint density at radius 3 is 1.91 bits per heavy atom. The van der Waals surface area contributed by atoms with Gasteiger partial charge >= 0.3 is 5.97 Å². The van der Waals surface area contributed by atoms with Crippen molar-refractivity contribution in [3.63, 3.8) is 0 Å². The second-order valence-corrected chi connectivity index (χ2v) is 8.50. The third kappa shape index (κ3) is 5.48. The molecule has 0 aliphatic carbocycles. The summed E-state index contributed by atoms with van der Waals surface area (Å²) in [5, 5.41) is 10.4. The van der Waals surface area contributed by atoms with Crippen LogP contribution in [0.4, 0.5) is 11.4 Å². The molecule has 174 valence electrons. The molecule has 0 saturated heterocycles. The number of hydrogen-bond acceptors (Lipinski definition) is 4. The highest BCUT2D eigenvalue weighted by Crippen LogP contribution is 2.26. The van der Waals surface area contributed by atoms with Gasteiger partial charge in [-0.1, -0.05) is 48.0 Å². The van der Waals surface area contributed by atoms with Crippen LogP contribution in [0.25, 0.3) is 0 Å². The Labute approximate surface area is 208 Å². The first-order chi connectivity index (χ1) is 16.8. The van der Waals surface area contributed by atoms with E-state index in [9.17, 15) is 19.5 Å². The summed E-state index contributed by atoms with van der Waals surface area (Å²) in [5.74, 6) is -1.89. The first-order valence-corrected chi connectivity index (χ1v) is 11.3. The molecule has 0 radical (unpaired) electrons. The van der Waals surface area contributed by atoms with Gasteiger partial charge in [0.05, 0.1) is 5.56 Å². The number of nitrogens with zero attached hydrogens (tertiary/aromatic N) is 1. The zero-order valence-corrected chi connectivity index (χ0v) is 19.7. The lowest BCUT2D eigenvalue weighted by molar-refractivity contribution is 0.0692. The third-order valence-corrected chi connectivity index (χ3v) is 6.00. The van der Waals surface area contributed by atoms with Gasteiger partial charge in [0.25, 0.3) is 0 Å². The number of carbonyl (C=O) groups excluding carboxylic acids is 2. The smallest absolute Gasteiger partial charge is 0.336 e. The molecule has 0 unspecified atom stereocenters. The molecule has 0 fully saturated rings. The van der Waals surface area contributed by atoms with E-state index in [4.69, 9.17) is 11.6 Å². The van der Waals surface area contributed by atoms with Gasteiger partial charge in [-0.2, -0.15) is 0 Å². The fourth-order valence-electron chi connectivity index (χ4n) is 3.80. The zero-order valence-electron chi connectivity index (χ0n) is 18.9. The Morgan fingerprint density at radius 2 is 1.31 bits per heavy atom. The van der Waals surface area contributed by atoms with Crippen LogP contribution in [0.1, 0.15) is 42.2 Å². The highest BCUT2D eigenvalue weighted by atomic mass is 35.5. The van der Waals surface area contributed by atoms with E-state index < -0.39 is 5.97 Å². The van der Waals surface area contributed by atoms with Gasteiger partial charge < -0.3 is 10.0 Å². The van der Waals surface area contributed by atoms with Gasteiger partial charge in [0.2, 0.25) is 0 Å². The van der Waals surface area contributed by atoms with Gasteiger partial charge in [0.15, 0.2) is 11.6 Å². The average Bonchev–Trinajstić information content (AvgIpc) is 2.88. The van der Waals surface area contributed by atoms with E-state index in [0.717, 1.165) is 16.9 Å². The molecule has 0 spiro atoms. The molecule has 0 amide bonds. The van der Waals surface area contributed by atoms with Crippen LogP contribution in [0.3, 0.4) is 0 Å². The summed E-state index contributed by atoms with van der Waals surface area (Å²) in [4.78, 5) is 39.7. The monoisotopic (exact) mass is 483 g/mol. The van der Waals surface area contributed by atoms with Crippen molar-refractivity contribution in [2.75, 3.05) is 11.9 Å². The maximum atomic E-state index is 13.1. The molecule has 0 atom stereocenters. The van der Waals surface area contributed by atoms with Crippen LogP contribution < -0.4 is 4.90 Å². The lowest BCUT2D eigenvalue weighted by Gasteiger charge is -2.19. The van der Waals surface area contributed by atoms with Crippen molar-refractivity contribution < 1.29 is 19.5 Å². The maximum absolute atomic E-state index is 13.1. The topological polar surface area (TPSA) is 74.7 Å². The molecule has 35 heavy (non-hydrogen) atoms. The van der Waals surface area contributed by atoms with Gasteiger partial charge in [0.1, 0.15) is 0 Å². The van der Waals surface area contributed by atoms with Gasteiger partial charge in [0, 0.05) is 46.6 Å². The number of hydrogen-bond donors (Lipinski definition) is 1. The van der Waals surface area contributed by atoms with E-state index >= 15 is 0 Å². The average molecular weight is 484 g/mol. The number of carbonyl (C=O) groups is 3. The lowest BCUT2D eigenvalue weighted by atomic mass is 9.94. The molecular formula is C29H22ClNO4. The first kappa shape index (κ1) is 23.9. The molecule has 0 saturated carbocycles. The van der Waals surface area contributed by atoms with E-state index in [0.29, 0.717) is 10.6 Å². The second kappa shape index (κ2) is 10.4. The normalized spacial score (nSPS) is 10.6. The SMILES string of the molecule is CN(c1ccc(Cl)cc1)c1ccc(C(=O)c2ccc(C(=O)Cc3ccccc3)c(C(=O)O)c2)cc1. The van der Waals surface area contributed by atoms with E-state index in [1.54, 1.807) is 24.3 Å². The van der Waals surface area contributed by atoms with Crippen LogP contribution in [0, 0.1) is 0 Å². The minimum absolute atomic E-state index is 0.0804. The molecule has 0 heterocycles. The molecular weight excluding hydrogens is 462 g/mol. The van der Waals surface area contributed by atoms with Crippen molar-refractivity contribution >= 4 is 40.5 Å². The molecule has 0 aromatic heterocycles. The van der Waals surface area contributed by atoms with Crippen LogP contribution in [-0.4, -0.2) is 29.7 Å². The van der Waals surface area contributed by atoms with Gasteiger partial charge in [-0.25, -0.2) is 4.79 Å². The first-order valence-electron chi connectivity index (χ1n) is 10.9. The number of Topliss-reactive ketones (excluding diaryl/α,β-unsaturated/α-hetero) is 1. The summed E-state index contributed by atoms with van der Waals surface area (Å²) >= 11 is 5.96. The number of rotatable bonds is 8. The van der Waals surface area contributed by atoms with Gasteiger partial charge in [-0.15, -0.1) is 0 Å². The number of halogens is 1. The Kier molecular flexibility index (Phi) is 7.09. The summed E-state index contributed by atoms with van der Waals surface area (Å²) in [6, 6.07) is 27.7. The molecule has 0 bridgehead atoms. The van der Waals surface area contributed by atoms with Gasteiger partial charge in [-0.05, 0) is 66.2 Å². The largest absolute Gasteiger partial charge is 0.478 e. The van der Waals surface area contributed by atoms with Crippen LogP contribution in [0.5, 0.6) is 0 Å². The highest BCUT2D eigenvalue weighted by Gasteiger charge is 2.20. The summed E-state index contributed by atoms with van der Waals surface area (Å²) in [7, 11) is 1.91. The minimum Gasteiger partial charge on any atom is -0.478 e. The van der Waals surface area contributed by atoms with Crippen LogP contribution >= 0.6 is 11.6 Å². The minimum atomic E-state index is -1.25. The molecule has 4 aromatic rings. The Bertz CT molecular complexity index is 1380. The lowest BCUT2D eigenvalue weighted by Crippen LogP contribution is -2.13. The summed E-state index contributed by atoms with van der Waals surface area (Å²) < 4.78 is 0. The van der Waals surface area contributed by atoms with Crippen molar-refractivity contribution in [3.05, 3.63) is 130 Å². The van der Waals surface area contributed by atoms with Crippen molar-refractivity contribution in [2.45, 2.75) is 6.42 Å². The fraction of sp³-hybridized carbons (Fsp3) is 0.0690. The van der Waals surface area contributed by atoms with E-state index in [1.165, 1.54) is 18.2 Å². The molecule has 0 aliphatic heterocycles. The highest BCUT2D eigenvalue weighted by molar-refractivity contribution is 6.30. The quantitative estimate of drug-likeness (QED) is 0.291. The van der Waals surface area contributed by atoms with E-state index in [2.05, 4.69) is 0 Å². The van der Waals surface area contributed by atoms with Crippen molar-refractivity contribution in [1.29, 1.82) is 0 Å².